The number of para-hydroxylation sites is 1. The highest BCUT2D eigenvalue weighted by molar-refractivity contribution is 8.15. The van der Waals surface area contributed by atoms with Crippen molar-refractivity contribution in [3.05, 3.63) is 59.7 Å². The Labute approximate surface area is 238 Å². The van der Waals surface area contributed by atoms with Gasteiger partial charge in [-0.15, -0.1) is 0 Å². The maximum absolute atomic E-state index is 13.3. The zero-order valence-electron chi connectivity index (χ0n) is 22.9. The number of benzene rings is 2. The summed E-state index contributed by atoms with van der Waals surface area (Å²) < 4.78 is 5.19. The van der Waals surface area contributed by atoms with Gasteiger partial charge in [-0.3, -0.25) is 19.3 Å². The zero-order valence-corrected chi connectivity index (χ0v) is 23.7. The minimum absolute atomic E-state index is 0.0150. The summed E-state index contributed by atoms with van der Waals surface area (Å²) in [5.41, 5.74) is 2.35. The van der Waals surface area contributed by atoms with Crippen molar-refractivity contribution in [2.24, 2.45) is 9.98 Å². The number of nitrogens with one attached hydrogen (secondary N) is 2. The molecule has 0 bridgehead atoms. The molecule has 2 N–H and O–H groups in total. The molecule has 9 nitrogen and oxygen atoms in total. The number of methoxy groups -OCH3 is 1. The lowest BCUT2D eigenvalue weighted by Gasteiger charge is -2.32. The van der Waals surface area contributed by atoms with Crippen LogP contribution in [0.5, 0.6) is 5.75 Å². The van der Waals surface area contributed by atoms with Gasteiger partial charge in [-0.2, -0.15) is 4.99 Å². The van der Waals surface area contributed by atoms with Gasteiger partial charge in [-0.05, 0) is 49.1 Å². The van der Waals surface area contributed by atoms with E-state index in [1.807, 2.05) is 55.5 Å². The van der Waals surface area contributed by atoms with Crippen molar-refractivity contribution in [3.8, 4) is 5.75 Å². The molecule has 0 radical (unpaired) electrons. The summed E-state index contributed by atoms with van der Waals surface area (Å²) in [6.45, 7) is 2.30. The first-order valence-corrected chi connectivity index (χ1v) is 14.8. The molecule has 1 saturated carbocycles. The average Bonchev–Trinajstić information content (AvgIpc) is 3.31. The highest BCUT2D eigenvalue weighted by atomic mass is 32.2. The highest BCUT2D eigenvalue weighted by Crippen LogP contribution is 2.36. The van der Waals surface area contributed by atoms with Gasteiger partial charge in [0.15, 0.2) is 5.17 Å². The molecule has 3 aliphatic rings. The first kappa shape index (κ1) is 27.9. The molecular weight excluding hydrogens is 526 g/mol. The van der Waals surface area contributed by atoms with E-state index in [1.54, 1.807) is 12.0 Å². The molecule has 2 aromatic carbocycles. The van der Waals surface area contributed by atoms with E-state index >= 15 is 0 Å². The second-order valence-corrected chi connectivity index (χ2v) is 11.4. The van der Waals surface area contributed by atoms with Gasteiger partial charge in [0.05, 0.1) is 24.5 Å². The molecule has 2 aliphatic heterocycles. The van der Waals surface area contributed by atoms with Gasteiger partial charge < -0.3 is 15.4 Å². The van der Waals surface area contributed by atoms with Crippen LogP contribution in [0.2, 0.25) is 0 Å². The van der Waals surface area contributed by atoms with Gasteiger partial charge in [0.1, 0.15) is 17.6 Å². The van der Waals surface area contributed by atoms with Gasteiger partial charge >= 0.3 is 0 Å². The Morgan fingerprint density at radius 2 is 1.82 bits per heavy atom. The maximum atomic E-state index is 13.3. The highest BCUT2D eigenvalue weighted by Gasteiger charge is 2.43. The van der Waals surface area contributed by atoms with Crippen LogP contribution < -0.4 is 15.4 Å². The number of amidine groups is 2. The van der Waals surface area contributed by atoms with Gasteiger partial charge in [0, 0.05) is 18.2 Å². The van der Waals surface area contributed by atoms with Crippen molar-refractivity contribution >= 4 is 46.2 Å². The summed E-state index contributed by atoms with van der Waals surface area (Å²) in [4.78, 5) is 50.4. The van der Waals surface area contributed by atoms with Crippen molar-refractivity contribution in [2.45, 2.75) is 75.7 Å². The fraction of sp³-hybridized carbons (Fsp3) is 0.433. The Balaban J connectivity index is 1.32. The molecule has 5 rings (SSSR count). The topological polar surface area (TPSA) is 112 Å². The largest absolute Gasteiger partial charge is 0.497 e. The number of hydrogen-bond acceptors (Lipinski definition) is 7. The van der Waals surface area contributed by atoms with Crippen LogP contribution >= 0.6 is 11.8 Å². The van der Waals surface area contributed by atoms with E-state index in [2.05, 4.69) is 15.6 Å². The molecular formula is C30H35N5O4S. The summed E-state index contributed by atoms with van der Waals surface area (Å²) in [6.07, 6.45) is 6.03. The van der Waals surface area contributed by atoms with Gasteiger partial charge in [0.2, 0.25) is 11.8 Å². The van der Waals surface area contributed by atoms with Crippen molar-refractivity contribution in [3.63, 3.8) is 0 Å². The lowest BCUT2D eigenvalue weighted by atomic mass is 9.95. The molecule has 2 unspecified atom stereocenters. The molecule has 1 aliphatic carbocycles. The molecule has 1 fully saturated rings. The molecule has 210 valence electrons. The minimum Gasteiger partial charge on any atom is -0.497 e. The first-order chi connectivity index (χ1) is 19.5. The first-order valence-electron chi connectivity index (χ1n) is 13.9. The van der Waals surface area contributed by atoms with Crippen LogP contribution in [-0.4, -0.2) is 58.1 Å². The third-order valence-corrected chi connectivity index (χ3v) is 8.83. The molecule has 0 aromatic heterocycles. The van der Waals surface area contributed by atoms with Crippen molar-refractivity contribution < 1.29 is 19.1 Å². The number of nitrogens with zero attached hydrogens (tertiary/aromatic N) is 3. The third kappa shape index (κ3) is 6.22. The van der Waals surface area contributed by atoms with Gasteiger partial charge in [-0.1, -0.05) is 62.2 Å². The molecule has 0 saturated heterocycles. The number of carbonyl (C=O) groups is 3. The number of rotatable bonds is 9. The number of thioether (sulfide) groups is 1. The second-order valence-electron chi connectivity index (χ2n) is 10.3. The van der Waals surface area contributed by atoms with E-state index in [0.29, 0.717) is 29.7 Å². The molecule has 10 heteroatoms. The number of fused-ring (bicyclic) bond motifs is 3. The maximum Gasteiger partial charge on any atom is 0.271 e. The normalized spacial score (nSPS) is 19.2. The van der Waals surface area contributed by atoms with Gasteiger partial charge in [0.25, 0.3) is 5.91 Å². The number of ether oxygens (including phenoxy) is 1. The van der Waals surface area contributed by atoms with E-state index < -0.39 is 6.04 Å². The number of hydrogen-bond donors (Lipinski definition) is 2. The Bertz CT molecular complexity index is 1320. The number of aliphatic imine (C=N–C) groups is 2. The smallest absolute Gasteiger partial charge is 0.271 e. The number of carbonyl (C=O) groups excluding carboxylic acids is 3. The summed E-state index contributed by atoms with van der Waals surface area (Å²) in [7, 11) is 1.60. The quantitative estimate of drug-likeness (QED) is 0.472. The lowest BCUT2D eigenvalue weighted by Crippen LogP contribution is -2.47. The zero-order chi connectivity index (χ0) is 28.1. The molecule has 3 amide bonds. The van der Waals surface area contributed by atoms with Crippen LogP contribution in [0.1, 0.15) is 63.0 Å². The summed E-state index contributed by atoms with van der Waals surface area (Å²) in [5.74, 6) is 0.548. The predicted octanol–water partition coefficient (Wildman–Crippen LogP) is 4.32. The summed E-state index contributed by atoms with van der Waals surface area (Å²) in [5, 5.41) is 6.27. The van der Waals surface area contributed by atoms with Crippen molar-refractivity contribution in [1.29, 1.82) is 0 Å². The Morgan fingerprint density at radius 3 is 2.55 bits per heavy atom. The number of amides is 3. The molecule has 0 spiro atoms. The van der Waals surface area contributed by atoms with Crippen LogP contribution in [0.3, 0.4) is 0 Å². The Morgan fingerprint density at radius 1 is 1.07 bits per heavy atom. The monoisotopic (exact) mass is 561 g/mol. The van der Waals surface area contributed by atoms with Crippen LogP contribution in [0.15, 0.2) is 58.5 Å². The van der Waals surface area contributed by atoms with E-state index in [9.17, 15) is 14.4 Å². The van der Waals surface area contributed by atoms with Gasteiger partial charge in [-0.25, -0.2) is 4.99 Å². The van der Waals surface area contributed by atoms with Crippen LogP contribution in [-0.2, 0) is 20.9 Å². The Hall–Kier alpha value is -3.66. The molecule has 40 heavy (non-hydrogen) atoms. The molecule has 2 atom stereocenters. The van der Waals surface area contributed by atoms with E-state index in [4.69, 9.17) is 9.73 Å². The average molecular weight is 562 g/mol. The SMILES string of the molecule is CCC(SC1=Nc2ccccc2C2=NC(=O)C(CC(=O)NCc3ccc(OC)cc3)N12)C(=O)NC1CCCCC1. The van der Waals surface area contributed by atoms with Crippen molar-refractivity contribution in [1.82, 2.24) is 15.5 Å². The van der Waals surface area contributed by atoms with Crippen molar-refractivity contribution in [2.75, 3.05) is 7.11 Å². The van der Waals surface area contributed by atoms with Crippen LogP contribution in [0.25, 0.3) is 0 Å². The summed E-state index contributed by atoms with van der Waals surface area (Å²) >= 11 is 1.34. The fourth-order valence-electron chi connectivity index (χ4n) is 5.27. The van der Waals surface area contributed by atoms with E-state index in [-0.39, 0.29) is 35.4 Å². The molecule has 2 heterocycles. The Kier molecular flexibility index (Phi) is 8.84. The van der Waals surface area contributed by atoms with E-state index in [1.165, 1.54) is 18.2 Å². The standard InChI is InChI=1S/C30H35N5O4S/c1-3-25(29(38)32-20-9-5-4-6-10-20)40-30-33-23-12-8-7-11-22(23)27-34-28(37)24(35(27)30)17-26(36)31-18-19-13-15-21(39-2)16-14-19/h7-8,11-16,20,24-25H,3-6,9-10,17-18H2,1-2H3,(H,31,36)(H,32,38). The third-order valence-electron chi connectivity index (χ3n) is 7.50. The second kappa shape index (κ2) is 12.7. The summed E-state index contributed by atoms with van der Waals surface area (Å²) in [6, 6.07) is 14.3. The van der Waals surface area contributed by atoms with Crippen LogP contribution in [0, 0.1) is 0 Å². The van der Waals surface area contributed by atoms with E-state index in [0.717, 1.165) is 42.6 Å². The lowest BCUT2D eigenvalue weighted by molar-refractivity contribution is -0.126. The fourth-order valence-corrected chi connectivity index (χ4v) is 6.34. The predicted molar refractivity (Wildman–Crippen MR) is 157 cm³/mol. The van der Waals surface area contributed by atoms with Crippen LogP contribution in [0.4, 0.5) is 5.69 Å². The minimum atomic E-state index is -0.829. The molecule has 2 aromatic rings.